The van der Waals surface area contributed by atoms with Gasteiger partial charge in [0.05, 0.1) is 10.6 Å². The molecule has 5 nitrogen and oxygen atoms in total. The van der Waals surface area contributed by atoms with Gasteiger partial charge in [0.25, 0.3) is 10.0 Å². The number of hydrogen-bond donors (Lipinski definition) is 0. The Hall–Kier alpha value is -3.38. The topological polar surface area (TPSA) is 67.6 Å². The zero-order valence-corrected chi connectivity index (χ0v) is 16.8. The van der Waals surface area contributed by atoms with Crippen LogP contribution in [-0.2, 0) is 10.0 Å². The van der Waals surface area contributed by atoms with Crippen molar-refractivity contribution in [1.29, 1.82) is 0 Å². The molecule has 1 heterocycles. The molecule has 4 aromatic rings. The molecule has 1 amide bonds. The molecule has 3 aromatic carbocycles. The summed E-state index contributed by atoms with van der Waals surface area (Å²) in [7, 11) is -4.15. The van der Waals surface area contributed by atoms with Crippen LogP contribution in [0, 0.1) is 13.8 Å². The molecule has 0 fully saturated rings. The first-order valence-electron chi connectivity index (χ1n) is 9.09. The third kappa shape index (κ3) is 3.32. The zero-order chi connectivity index (χ0) is 20.6. The van der Waals surface area contributed by atoms with Gasteiger partial charge in [-0.2, -0.15) is 4.31 Å². The van der Waals surface area contributed by atoms with Crippen LogP contribution in [0.2, 0.25) is 0 Å². The van der Waals surface area contributed by atoms with Crippen LogP contribution in [0.25, 0.3) is 11.0 Å². The van der Waals surface area contributed by atoms with Gasteiger partial charge in [0.1, 0.15) is 5.58 Å². The van der Waals surface area contributed by atoms with Gasteiger partial charge >= 0.3 is 5.91 Å². The maximum Gasteiger partial charge on any atom is 0.308 e. The number of para-hydroxylation sites is 1. The Balaban J connectivity index is 1.93. The number of sulfonamides is 1. The van der Waals surface area contributed by atoms with Gasteiger partial charge in [-0.3, -0.25) is 4.79 Å². The molecule has 0 N–H and O–H groups in total. The number of nitrogens with zero attached hydrogens (tertiary/aromatic N) is 1. The van der Waals surface area contributed by atoms with Crippen molar-refractivity contribution in [3.8, 4) is 0 Å². The predicted octanol–water partition coefficient (Wildman–Crippen LogP) is 5.09. The molecule has 0 saturated carbocycles. The van der Waals surface area contributed by atoms with E-state index < -0.39 is 15.9 Å². The minimum absolute atomic E-state index is 0.0327. The smallest absolute Gasteiger partial charge is 0.308 e. The van der Waals surface area contributed by atoms with Crippen molar-refractivity contribution in [1.82, 2.24) is 0 Å². The molecule has 0 aliphatic rings. The van der Waals surface area contributed by atoms with Crippen molar-refractivity contribution < 1.29 is 17.6 Å². The summed E-state index contributed by atoms with van der Waals surface area (Å²) in [6, 6.07) is 21.9. The predicted molar refractivity (Wildman–Crippen MR) is 113 cm³/mol. The van der Waals surface area contributed by atoms with Crippen molar-refractivity contribution in [3.05, 3.63) is 95.7 Å². The van der Waals surface area contributed by atoms with E-state index in [0.717, 1.165) is 15.3 Å². The molecule has 0 spiro atoms. The number of aryl methyl sites for hydroxylation is 1. The van der Waals surface area contributed by atoms with Gasteiger partial charge in [0, 0.05) is 5.39 Å². The number of benzene rings is 3. The summed E-state index contributed by atoms with van der Waals surface area (Å²) in [6.07, 6.45) is 0. The highest BCUT2D eigenvalue weighted by molar-refractivity contribution is 7.93. The van der Waals surface area contributed by atoms with Gasteiger partial charge in [-0.1, -0.05) is 48.5 Å². The minimum atomic E-state index is -4.15. The molecule has 6 heteroatoms. The zero-order valence-electron chi connectivity index (χ0n) is 16.0. The highest BCUT2D eigenvalue weighted by Gasteiger charge is 2.34. The molecule has 0 bridgehead atoms. The highest BCUT2D eigenvalue weighted by atomic mass is 32.2. The minimum Gasteiger partial charge on any atom is -0.451 e. The lowest BCUT2D eigenvalue weighted by atomic mass is 10.1. The molecule has 29 heavy (non-hydrogen) atoms. The maximum atomic E-state index is 13.5. The summed E-state index contributed by atoms with van der Waals surface area (Å²) in [4.78, 5) is 13.5. The number of hydrogen-bond acceptors (Lipinski definition) is 4. The Bertz CT molecular complexity index is 1270. The Morgan fingerprint density at radius 1 is 0.862 bits per heavy atom. The molecule has 4 rings (SSSR count). The molecular formula is C23H19NO4S. The van der Waals surface area contributed by atoms with E-state index in [0.29, 0.717) is 16.8 Å². The van der Waals surface area contributed by atoms with Crippen LogP contribution in [0.3, 0.4) is 0 Å². The van der Waals surface area contributed by atoms with Crippen molar-refractivity contribution >= 4 is 32.6 Å². The summed E-state index contributed by atoms with van der Waals surface area (Å²) in [5, 5.41) is 0.730. The molecule has 0 aliphatic heterocycles. The van der Waals surface area contributed by atoms with Gasteiger partial charge in [0.2, 0.25) is 0 Å². The van der Waals surface area contributed by atoms with Crippen LogP contribution in [0.4, 0.5) is 5.69 Å². The number of anilines is 1. The van der Waals surface area contributed by atoms with Gasteiger partial charge < -0.3 is 4.42 Å². The standard InChI is InChI=1S/C23H19NO4S/c1-16-9-8-13-20(17(16)2)24(29(26,27)19-11-4-3-5-12-19)23(25)22-15-18-10-6-7-14-21(18)28-22/h3-15H,1-2H3. The fraction of sp³-hybridized carbons (Fsp3) is 0.0870. The molecule has 0 aliphatic carbocycles. The van der Waals surface area contributed by atoms with Crippen LogP contribution in [0.1, 0.15) is 21.7 Å². The number of carbonyl (C=O) groups excluding carboxylic acids is 1. The molecule has 1 aromatic heterocycles. The number of carbonyl (C=O) groups is 1. The molecular weight excluding hydrogens is 386 g/mol. The van der Waals surface area contributed by atoms with Crippen LogP contribution in [0.5, 0.6) is 0 Å². The van der Waals surface area contributed by atoms with Crippen LogP contribution < -0.4 is 4.31 Å². The monoisotopic (exact) mass is 405 g/mol. The van der Waals surface area contributed by atoms with E-state index in [2.05, 4.69) is 0 Å². The number of fused-ring (bicyclic) bond motifs is 1. The second-order valence-electron chi connectivity index (χ2n) is 6.76. The lowest BCUT2D eigenvalue weighted by molar-refractivity contribution is 0.0981. The van der Waals surface area contributed by atoms with E-state index in [1.165, 1.54) is 12.1 Å². The van der Waals surface area contributed by atoms with Crippen LogP contribution in [-0.4, -0.2) is 14.3 Å². The summed E-state index contributed by atoms with van der Waals surface area (Å²) >= 11 is 0. The van der Waals surface area contributed by atoms with E-state index in [4.69, 9.17) is 4.42 Å². The highest BCUT2D eigenvalue weighted by Crippen LogP contribution is 2.31. The summed E-state index contributed by atoms with van der Waals surface area (Å²) < 4.78 is 33.5. The van der Waals surface area contributed by atoms with Crippen LogP contribution >= 0.6 is 0 Å². The lowest BCUT2D eigenvalue weighted by Crippen LogP contribution is -2.37. The van der Waals surface area contributed by atoms with E-state index in [-0.39, 0.29) is 10.7 Å². The first kappa shape index (κ1) is 19.0. The summed E-state index contributed by atoms with van der Waals surface area (Å²) in [6.45, 7) is 3.67. The van der Waals surface area contributed by atoms with E-state index in [1.54, 1.807) is 55.5 Å². The largest absolute Gasteiger partial charge is 0.451 e. The fourth-order valence-corrected chi connectivity index (χ4v) is 4.67. The van der Waals surface area contributed by atoms with Gasteiger partial charge in [-0.25, -0.2) is 8.42 Å². The average molecular weight is 405 g/mol. The summed E-state index contributed by atoms with van der Waals surface area (Å²) in [5.41, 5.74) is 2.41. The van der Waals surface area contributed by atoms with Gasteiger partial charge in [-0.05, 0) is 55.3 Å². The maximum absolute atomic E-state index is 13.5. The second-order valence-corrected chi connectivity index (χ2v) is 8.54. The summed E-state index contributed by atoms with van der Waals surface area (Å²) in [5.74, 6) is -0.773. The third-order valence-corrected chi connectivity index (χ3v) is 6.61. The Kier molecular flexibility index (Phi) is 4.72. The van der Waals surface area contributed by atoms with Crippen molar-refractivity contribution in [2.45, 2.75) is 18.7 Å². The van der Waals surface area contributed by atoms with E-state index >= 15 is 0 Å². The normalized spacial score (nSPS) is 11.5. The SMILES string of the molecule is Cc1cccc(N(C(=O)c2cc3ccccc3o2)S(=O)(=O)c2ccccc2)c1C. The Labute approximate surface area is 169 Å². The number of furan rings is 1. The van der Waals surface area contributed by atoms with Crippen molar-refractivity contribution in [3.63, 3.8) is 0 Å². The number of amides is 1. The third-order valence-electron chi connectivity index (χ3n) is 4.90. The van der Waals surface area contributed by atoms with E-state index in [1.807, 2.05) is 25.1 Å². The first-order valence-corrected chi connectivity index (χ1v) is 10.5. The van der Waals surface area contributed by atoms with E-state index in [9.17, 15) is 13.2 Å². The van der Waals surface area contributed by atoms with Crippen LogP contribution in [0.15, 0.2) is 88.2 Å². The van der Waals surface area contributed by atoms with Crippen molar-refractivity contribution in [2.24, 2.45) is 0 Å². The van der Waals surface area contributed by atoms with Crippen molar-refractivity contribution in [2.75, 3.05) is 4.31 Å². The first-order chi connectivity index (χ1) is 13.9. The van der Waals surface area contributed by atoms with Gasteiger partial charge in [0.15, 0.2) is 5.76 Å². The van der Waals surface area contributed by atoms with Gasteiger partial charge in [-0.15, -0.1) is 0 Å². The molecule has 0 saturated heterocycles. The fourth-order valence-electron chi connectivity index (χ4n) is 3.19. The molecule has 0 radical (unpaired) electrons. The Morgan fingerprint density at radius 3 is 2.28 bits per heavy atom. The Morgan fingerprint density at radius 2 is 1.55 bits per heavy atom. The molecule has 146 valence electrons. The quantitative estimate of drug-likeness (QED) is 0.475. The molecule has 0 unspecified atom stereocenters. The molecule has 0 atom stereocenters. The second kappa shape index (κ2) is 7.22. The average Bonchev–Trinajstić information content (AvgIpc) is 3.16. The lowest BCUT2D eigenvalue weighted by Gasteiger charge is -2.24. The number of rotatable bonds is 4.